The maximum absolute atomic E-state index is 13.0. The lowest BCUT2D eigenvalue weighted by Gasteiger charge is -2.06. The number of phenols is 1. The molecular weight excluding hydrogens is 313 g/mol. The minimum absolute atomic E-state index is 0.159. The topological polar surface area (TPSA) is 49.3 Å². The molecule has 5 heteroatoms. The Morgan fingerprint density at radius 2 is 1.89 bits per heavy atom. The summed E-state index contributed by atoms with van der Waals surface area (Å²) in [6.07, 6.45) is 0.190. The van der Waals surface area contributed by atoms with E-state index in [2.05, 4.69) is 21.2 Å². The first-order valence-corrected chi connectivity index (χ1v) is 6.37. The van der Waals surface area contributed by atoms with Gasteiger partial charge in [0, 0.05) is 5.69 Å². The molecule has 19 heavy (non-hydrogen) atoms. The average Bonchev–Trinajstić information content (AvgIpc) is 2.37. The molecule has 1 amide bonds. The maximum atomic E-state index is 13.0. The van der Waals surface area contributed by atoms with Crippen LogP contribution >= 0.6 is 15.9 Å². The van der Waals surface area contributed by atoms with E-state index >= 15 is 0 Å². The van der Waals surface area contributed by atoms with E-state index in [0.29, 0.717) is 10.2 Å². The Morgan fingerprint density at radius 1 is 1.21 bits per heavy atom. The second-order valence-electron chi connectivity index (χ2n) is 4.02. The predicted molar refractivity (Wildman–Crippen MR) is 74.5 cm³/mol. The molecule has 0 aliphatic carbocycles. The molecule has 0 radical (unpaired) electrons. The second kappa shape index (κ2) is 5.84. The van der Waals surface area contributed by atoms with Crippen molar-refractivity contribution in [3.63, 3.8) is 0 Å². The van der Waals surface area contributed by atoms with Gasteiger partial charge in [0.05, 0.1) is 10.9 Å². The van der Waals surface area contributed by atoms with Crippen molar-refractivity contribution in [3.05, 3.63) is 58.3 Å². The molecule has 0 spiro atoms. The summed E-state index contributed by atoms with van der Waals surface area (Å²) in [5, 5.41) is 11.8. The van der Waals surface area contributed by atoms with Gasteiger partial charge in [0.1, 0.15) is 11.6 Å². The van der Waals surface area contributed by atoms with Gasteiger partial charge in [-0.05, 0) is 51.8 Å². The maximum Gasteiger partial charge on any atom is 0.228 e. The zero-order valence-corrected chi connectivity index (χ0v) is 11.4. The number of amides is 1. The van der Waals surface area contributed by atoms with E-state index in [1.165, 1.54) is 30.3 Å². The molecule has 98 valence electrons. The normalized spacial score (nSPS) is 10.2. The summed E-state index contributed by atoms with van der Waals surface area (Å²) in [6.45, 7) is 0. The van der Waals surface area contributed by atoms with Crippen molar-refractivity contribution in [2.45, 2.75) is 6.42 Å². The lowest BCUT2D eigenvalue weighted by Crippen LogP contribution is -2.14. The standard InChI is InChI=1S/C14H11BrFNO2/c15-12-8-10(3-6-13(12)16)17-14(19)7-9-1-4-11(18)5-2-9/h1-6,8,18H,7H2,(H,17,19). The predicted octanol–water partition coefficient (Wildman–Crippen LogP) is 3.48. The molecule has 2 rings (SSSR count). The quantitative estimate of drug-likeness (QED) is 0.908. The fourth-order valence-electron chi connectivity index (χ4n) is 1.58. The molecule has 0 aromatic heterocycles. The number of nitrogens with one attached hydrogen (secondary N) is 1. The Balaban J connectivity index is 2.01. The summed E-state index contributed by atoms with van der Waals surface area (Å²) in [4.78, 5) is 11.8. The number of phenolic OH excluding ortho intramolecular Hbond substituents is 1. The first-order chi connectivity index (χ1) is 9.04. The van der Waals surface area contributed by atoms with Gasteiger partial charge in [-0.2, -0.15) is 0 Å². The van der Waals surface area contributed by atoms with Crippen molar-refractivity contribution in [2.24, 2.45) is 0 Å². The Labute approximate surface area is 118 Å². The van der Waals surface area contributed by atoms with Crippen LogP contribution in [0.2, 0.25) is 0 Å². The van der Waals surface area contributed by atoms with E-state index in [4.69, 9.17) is 5.11 Å². The van der Waals surface area contributed by atoms with Gasteiger partial charge in [0.25, 0.3) is 0 Å². The monoisotopic (exact) mass is 323 g/mol. The highest BCUT2D eigenvalue weighted by atomic mass is 79.9. The summed E-state index contributed by atoms with van der Waals surface area (Å²) in [5.41, 5.74) is 1.31. The zero-order valence-electron chi connectivity index (χ0n) is 9.86. The Kier molecular flexibility index (Phi) is 4.16. The fourth-order valence-corrected chi connectivity index (χ4v) is 1.96. The number of carbonyl (C=O) groups excluding carboxylic acids is 1. The molecule has 0 aliphatic rings. The number of hydrogen-bond acceptors (Lipinski definition) is 2. The second-order valence-corrected chi connectivity index (χ2v) is 4.87. The van der Waals surface area contributed by atoms with Gasteiger partial charge in [-0.1, -0.05) is 12.1 Å². The fraction of sp³-hybridized carbons (Fsp3) is 0.0714. The van der Waals surface area contributed by atoms with Crippen LogP contribution in [0.15, 0.2) is 46.9 Å². The van der Waals surface area contributed by atoms with Crippen molar-refractivity contribution in [2.75, 3.05) is 5.32 Å². The molecule has 0 bridgehead atoms. The molecule has 0 fully saturated rings. The minimum Gasteiger partial charge on any atom is -0.508 e. The molecule has 0 unspecified atom stereocenters. The van der Waals surface area contributed by atoms with E-state index in [1.807, 2.05) is 0 Å². The van der Waals surface area contributed by atoms with Crippen LogP contribution in [0.1, 0.15) is 5.56 Å². The number of aromatic hydroxyl groups is 1. The van der Waals surface area contributed by atoms with Crippen LogP contribution in [0.5, 0.6) is 5.75 Å². The smallest absolute Gasteiger partial charge is 0.228 e. The van der Waals surface area contributed by atoms with Crippen LogP contribution in [0.3, 0.4) is 0 Å². The molecular formula is C14H11BrFNO2. The molecule has 2 aromatic rings. The minimum atomic E-state index is -0.378. The molecule has 3 nitrogen and oxygen atoms in total. The van der Waals surface area contributed by atoms with Gasteiger partial charge in [0.2, 0.25) is 5.91 Å². The van der Waals surface area contributed by atoms with Crippen molar-refractivity contribution in [1.82, 2.24) is 0 Å². The Morgan fingerprint density at radius 3 is 2.53 bits per heavy atom. The third kappa shape index (κ3) is 3.79. The first kappa shape index (κ1) is 13.5. The molecule has 0 aliphatic heterocycles. The Bertz CT molecular complexity index is 599. The molecule has 0 heterocycles. The van der Waals surface area contributed by atoms with E-state index in [-0.39, 0.29) is 23.9 Å². The van der Waals surface area contributed by atoms with Gasteiger partial charge in [0.15, 0.2) is 0 Å². The van der Waals surface area contributed by atoms with Crippen molar-refractivity contribution in [1.29, 1.82) is 0 Å². The van der Waals surface area contributed by atoms with Gasteiger partial charge >= 0.3 is 0 Å². The Hall–Kier alpha value is -1.88. The molecule has 2 aromatic carbocycles. The summed E-state index contributed by atoms with van der Waals surface area (Å²) in [5.74, 6) is -0.424. The van der Waals surface area contributed by atoms with E-state index in [1.54, 1.807) is 12.1 Å². The summed E-state index contributed by atoms with van der Waals surface area (Å²) < 4.78 is 13.3. The van der Waals surface area contributed by atoms with Gasteiger partial charge in [-0.25, -0.2) is 4.39 Å². The zero-order chi connectivity index (χ0) is 13.8. The summed E-state index contributed by atoms with van der Waals surface area (Å²) in [7, 11) is 0. The van der Waals surface area contributed by atoms with Gasteiger partial charge in [-0.3, -0.25) is 4.79 Å². The third-order valence-electron chi connectivity index (χ3n) is 2.50. The van der Waals surface area contributed by atoms with E-state index in [9.17, 15) is 9.18 Å². The molecule has 2 N–H and O–H groups in total. The highest BCUT2D eigenvalue weighted by Gasteiger charge is 2.06. The molecule has 0 saturated carbocycles. The summed E-state index contributed by atoms with van der Waals surface area (Å²) in [6, 6.07) is 10.7. The third-order valence-corrected chi connectivity index (χ3v) is 3.11. The van der Waals surface area contributed by atoms with Crippen molar-refractivity contribution >= 4 is 27.5 Å². The van der Waals surface area contributed by atoms with E-state index in [0.717, 1.165) is 5.56 Å². The first-order valence-electron chi connectivity index (χ1n) is 5.57. The van der Waals surface area contributed by atoms with E-state index < -0.39 is 0 Å². The highest BCUT2D eigenvalue weighted by molar-refractivity contribution is 9.10. The number of rotatable bonds is 3. The van der Waals surface area contributed by atoms with Crippen LogP contribution < -0.4 is 5.32 Å². The van der Waals surface area contributed by atoms with Gasteiger partial charge < -0.3 is 10.4 Å². The number of hydrogen-bond donors (Lipinski definition) is 2. The SMILES string of the molecule is O=C(Cc1ccc(O)cc1)Nc1ccc(F)c(Br)c1. The van der Waals surface area contributed by atoms with Crippen molar-refractivity contribution in [3.8, 4) is 5.75 Å². The highest BCUT2D eigenvalue weighted by Crippen LogP contribution is 2.20. The van der Waals surface area contributed by atoms with Crippen LogP contribution in [-0.2, 0) is 11.2 Å². The number of carbonyl (C=O) groups is 1. The van der Waals surface area contributed by atoms with Crippen LogP contribution in [-0.4, -0.2) is 11.0 Å². The van der Waals surface area contributed by atoms with Crippen molar-refractivity contribution < 1.29 is 14.3 Å². The molecule has 0 saturated heterocycles. The lowest BCUT2D eigenvalue weighted by molar-refractivity contribution is -0.115. The number of anilines is 1. The van der Waals surface area contributed by atoms with Crippen LogP contribution in [0.4, 0.5) is 10.1 Å². The van der Waals surface area contributed by atoms with Gasteiger partial charge in [-0.15, -0.1) is 0 Å². The summed E-state index contributed by atoms with van der Waals surface area (Å²) >= 11 is 3.06. The number of benzene rings is 2. The number of halogens is 2. The van der Waals surface area contributed by atoms with Crippen LogP contribution in [0.25, 0.3) is 0 Å². The molecule has 0 atom stereocenters. The lowest BCUT2D eigenvalue weighted by atomic mass is 10.1. The largest absolute Gasteiger partial charge is 0.508 e. The average molecular weight is 324 g/mol. The van der Waals surface area contributed by atoms with Crippen LogP contribution in [0, 0.1) is 5.82 Å².